The Morgan fingerprint density at radius 1 is 1.00 bits per heavy atom. The van der Waals surface area contributed by atoms with E-state index in [0.717, 1.165) is 11.1 Å². The molecule has 0 radical (unpaired) electrons. The van der Waals surface area contributed by atoms with Crippen molar-refractivity contribution in [3.8, 4) is 17.2 Å². The molecule has 1 aromatic heterocycles. The smallest absolute Gasteiger partial charge is 0.235 e. The van der Waals surface area contributed by atoms with Crippen LogP contribution >= 0.6 is 0 Å². The van der Waals surface area contributed by atoms with Gasteiger partial charge in [0.2, 0.25) is 5.91 Å². The summed E-state index contributed by atoms with van der Waals surface area (Å²) < 4.78 is 0. The highest BCUT2D eigenvalue weighted by Crippen LogP contribution is 2.50. The van der Waals surface area contributed by atoms with Crippen molar-refractivity contribution in [3.63, 3.8) is 0 Å². The first-order valence-corrected chi connectivity index (χ1v) is 9.30. The van der Waals surface area contributed by atoms with Crippen LogP contribution in [0.2, 0.25) is 0 Å². The van der Waals surface area contributed by atoms with Crippen LogP contribution in [0.1, 0.15) is 44.9 Å². The third kappa shape index (κ3) is 2.95. The van der Waals surface area contributed by atoms with Crippen LogP contribution in [0.3, 0.4) is 0 Å². The molecule has 1 saturated carbocycles. The zero-order chi connectivity index (χ0) is 20.3. The van der Waals surface area contributed by atoms with Crippen LogP contribution < -0.4 is 5.32 Å². The molecule has 0 spiro atoms. The Kier molecular flexibility index (Phi) is 3.86. The van der Waals surface area contributed by atoms with E-state index in [1.165, 1.54) is 18.2 Å². The van der Waals surface area contributed by atoms with E-state index in [0.29, 0.717) is 29.6 Å². The molecule has 2 aromatic carbocycles. The second-order valence-electron chi connectivity index (χ2n) is 8.63. The number of aromatic nitrogens is 1. The van der Waals surface area contributed by atoms with E-state index in [4.69, 9.17) is 0 Å². The highest BCUT2D eigenvalue weighted by atomic mass is 16.3. The number of aromatic amines is 1. The van der Waals surface area contributed by atoms with Gasteiger partial charge in [-0.25, -0.2) is 0 Å². The molecule has 0 unspecified atom stereocenters. The molecule has 1 heterocycles. The summed E-state index contributed by atoms with van der Waals surface area (Å²) in [6, 6.07) is 9.84. The Balaban J connectivity index is 1.64. The van der Waals surface area contributed by atoms with Gasteiger partial charge in [-0.3, -0.25) is 4.79 Å². The average Bonchev–Trinajstić information content (AvgIpc) is 3.29. The molecule has 0 atom stereocenters. The lowest BCUT2D eigenvalue weighted by Gasteiger charge is -2.16. The summed E-state index contributed by atoms with van der Waals surface area (Å²) in [4.78, 5) is 16.2. The SMILES string of the molecule is CC(C)(C)c1cc2cc(NC(=O)C3(c4ccc(O)c(O)c4)CC3)cc(O)c2[nH]1. The molecular formula is C22H24N2O4. The predicted molar refractivity (Wildman–Crippen MR) is 108 cm³/mol. The molecule has 4 rings (SSSR count). The zero-order valence-electron chi connectivity index (χ0n) is 16.1. The van der Waals surface area contributed by atoms with Crippen LogP contribution in [0.15, 0.2) is 36.4 Å². The number of aromatic hydroxyl groups is 3. The standard InChI is InChI=1S/C22H24N2O4/c1-21(2,3)18-9-12-8-14(11-17(27)19(12)24-18)23-20(28)22(6-7-22)13-4-5-15(25)16(26)10-13/h4-5,8-11,24-27H,6-7H2,1-3H3,(H,23,28). The third-order valence-electron chi connectivity index (χ3n) is 5.49. The molecule has 1 fully saturated rings. The van der Waals surface area contributed by atoms with E-state index in [1.807, 2.05) is 12.1 Å². The Morgan fingerprint density at radius 3 is 2.32 bits per heavy atom. The number of H-pyrrole nitrogens is 1. The minimum absolute atomic E-state index is 0.0791. The van der Waals surface area contributed by atoms with Gasteiger partial charge in [-0.15, -0.1) is 0 Å². The van der Waals surface area contributed by atoms with E-state index in [2.05, 4.69) is 31.1 Å². The van der Waals surface area contributed by atoms with Crippen LogP contribution in [0.4, 0.5) is 5.69 Å². The topological polar surface area (TPSA) is 106 Å². The number of hydrogen-bond donors (Lipinski definition) is 5. The Labute approximate surface area is 162 Å². The molecule has 0 aliphatic heterocycles. The van der Waals surface area contributed by atoms with Crippen molar-refractivity contribution in [2.75, 3.05) is 5.32 Å². The molecule has 146 valence electrons. The van der Waals surface area contributed by atoms with E-state index in [-0.39, 0.29) is 28.6 Å². The number of phenolic OH excluding ortho intramolecular Hbond substituents is 3. The van der Waals surface area contributed by atoms with Gasteiger partial charge in [0.15, 0.2) is 11.5 Å². The predicted octanol–water partition coefficient (Wildman–Crippen LogP) is 4.25. The van der Waals surface area contributed by atoms with E-state index in [9.17, 15) is 20.1 Å². The van der Waals surface area contributed by atoms with Crippen LogP contribution in [0.5, 0.6) is 17.2 Å². The highest BCUT2D eigenvalue weighted by Gasteiger charge is 2.51. The fourth-order valence-electron chi connectivity index (χ4n) is 3.54. The minimum Gasteiger partial charge on any atom is -0.506 e. The second-order valence-corrected chi connectivity index (χ2v) is 8.63. The minimum atomic E-state index is -0.718. The van der Waals surface area contributed by atoms with Gasteiger partial charge in [0.1, 0.15) is 5.75 Å². The molecule has 1 amide bonds. The average molecular weight is 380 g/mol. The Hall–Kier alpha value is -3.15. The van der Waals surface area contributed by atoms with E-state index < -0.39 is 5.41 Å². The summed E-state index contributed by atoms with van der Waals surface area (Å²) >= 11 is 0. The number of nitrogens with one attached hydrogen (secondary N) is 2. The summed E-state index contributed by atoms with van der Waals surface area (Å²) in [6.45, 7) is 6.25. The maximum Gasteiger partial charge on any atom is 0.235 e. The van der Waals surface area contributed by atoms with Gasteiger partial charge in [0.05, 0.1) is 10.9 Å². The second kappa shape index (κ2) is 5.92. The van der Waals surface area contributed by atoms with Crippen molar-refractivity contribution < 1.29 is 20.1 Å². The zero-order valence-corrected chi connectivity index (χ0v) is 16.1. The van der Waals surface area contributed by atoms with Crippen LogP contribution in [-0.4, -0.2) is 26.2 Å². The van der Waals surface area contributed by atoms with Gasteiger partial charge in [0, 0.05) is 28.2 Å². The monoisotopic (exact) mass is 380 g/mol. The van der Waals surface area contributed by atoms with Gasteiger partial charge < -0.3 is 25.6 Å². The maximum atomic E-state index is 13.0. The molecule has 1 aliphatic carbocycles. The summed E-state index contributed by atoms with van der Waals surface area (Å²) in [5.41, 5.74) is 2.02. The summed E-state index contributed by atoms with van der Waals surface area (Å²) in [7, 11) is 0. The first kappa shape index (κ1) is 18.2. The fourth-order valence-corrected chi connectivity index (χ4v) is 3.54. The molecule has 6 heteroatoms. The number of benzene rings is 2. The van der Waals surface area contributed by atoms with Gasteiger partial charge in [-0.1, -0.05) is 26.8 Å². The van der Waals surface area contributed by atoms with Crippen molar-refractivity contribution in [2.45, 2.75) is 44.4 Å². The molecule has 5 N–H and O–H groups in total. The largest absolute Gasteiger partial charge is 0.506 e. The van der Waals surface area contributed by atoms with Gasteiger partial charge in [-0.05, 0) is 42.7 Å². The van der Waals surface area contributed by atoms with Crippen molar-refractivity contribution in [1.82, 2.24) is 4.98 Å². The number of phenols is 3. The summed E-state index contributed by atoms with van der Waals surface area (Å²) in [5.74, 6) is -0.562. The van der Waals surface area contributed by atoms with E-state index >= 15 is 0 Å². The van der Waals surface area contributed by atoms with Gasteiger partial charge in [-0.2, -0.15) is 0 Å². The first-order chi connectivity index (χ1) is 13.1. The lowest BCUT2D eigenvalue weighted by atomic mass is 9.92. The van der Waals surface area contributed by atoms with Crippen LogP contribution in [0.25, 0.3) is 10.9 Å². The quantitative estimate of drug-likeness (QED) is 0.438. The number of rotatable bonds is 3. The van der Waals surface area contributed by atoms with Crippen molar-refractivity contribution in [1.29, 1.82) is 0 Å². The van der Waals surface area contributed by atoms with Crippen molar-refractivity contribution in [3.05, 3.63) is 47.7 Å². The normalized spacial score (nSPS) is 15.5. The van der Waals surface area contributed by atoms with Gasteiger partial charge >= 0.3 is 0 Å². The van der Waals surface area contributed by atoms with Crippen molar-refractivity contribution in [2.24, 2.45) is 0 Å². The number of anilines is 1. The number of carbonyl (C=O) groups is 1. The Morgan fingerprint density at radius 2 is 1.71 bits per heavy atom. The summed E-state index contributed by atoms with van der Waals surface area (Å²) in [5, 5.41) is 33.4. The fraction of sp³-hybridized carbons (Fsp3) is 0.318. The number of amides is 1. The first-order valence-electron chi connectivity index (χ1n) is 9.30. The molecule has 0 saturated heterocycles. The number of hydrogen-bond acceptors (Lipinski definition) is 4. The van der Waals surface area contributed by atoms with Crippen LogP contribution in [0, 0.1) is 0 Å². The Bertz CT molecular complexity index is 1090. The third-order valence-corrected chi connectivity index (χ3v) is 5.49. The number of fused-ring (bicyclic) bond motifs is 1. The molecule has 1 aliphatic rings. The maximum absolute atomic E-state index is 13.0. The molecule has 3 aromatic rings. The molecular weight excluding hydrogens is 356 g/mol. The lowest BCUT2D eigenvalue weighted by molar-refractivity contribution is -0.118. The van der Waals surface area contributed by atoms with Gasteiger partial charge in [0.25, 0.3) is 0 Å². The highest BCUT2D eigenvalue weighted by molar-refractivity contribution is 6.03. The molecule has 6 nitrogen and oxygen atoms in total. The van der Waals surface area contributed by atoms with E-state index in [1.54, 1.807) is 6.07 Å². The number of carbonyl (C=O) groups excluding carboxylic acids is 1. The van der Waals surface area contributed by atoms with Crippen molar-refractivity contribution >= 4 is 22.5 Å². The summed E-state index contributed by atoms with van der Waals surface area (Å²) in [6.07, 6.45) is 1.32. The molecule has 0 bridgehead atoms. The molecule has 28 heavy (non-hydrogen) atoms. The lowest BCUT2D eigenvalue weighted by Crippen LogP contribution is -2.27. The van der Waals surface area contributed by atoms with Crippen LogP contribution in [-0.2, 0) is 15.6 Å².